The van der Waals surface area contributed by atoms with E-state index < -0.39 is 0 Å². The van der Waals surface area contributed by atoms with Crippen LogP contribution in [0.25, 0.3) is 0 Å². The Morgan fingerprint density at radius 2 is 2.16 bits per heavy atom. The van der Waals surface area contributed by atoms with Crippen molar-refractivity contribution in [3.05, 3.63) is 17.5 Å². The molecule has 0 amide bonds. The van der Waals surface area contributed by atoms with Gasteiger partial charge < -0.3 is 5.11 Å². The summed E-state index contributed by atoms with van der Waals surface area (Å²) in [4.78, 5) is 0. The number of aliphatic hydroxyl groups is 1. The van der Waals surface area contributed by atoms with Gasteiger partial charge in [-0.2, -0.15) is 5.10 Å². The lowest BCUT2D eigenvalue weighted by molar-refractivity contribution is 0.0453. The van der Waals surface area contributed by atoms with Gasteiger partial charge in [0, 0.05) is 12.2 Å². The first kappa shape index (κ1) is 14.6. The van der Waals surface area contributed by atoms with Crippen LogP contribution in [0.2, 0.25) is 0 Å². The average Bonchev–Trinajstić information content (AvgIpc) is 2.74. The second-order valence-corrected chi connectivity index (χ2v) is 6.09. The molecule has 0 aliphatic heterocycles. The molecule has 0 aromatic carbocycles. The van der Waals surface area contributed by atoms with Crippen LogP contribution < -0.4 is 0 Å². The molecule has 1 saturated carbocycles. The maximum absolute atomic E-state index is 10.3. The fraction of sp³-hybridized carbons (Fsp3) is 0.812. The quantitative estimate of drug-likeness (QED) is 0.886. The fourth-order valence-corrected chi connectivity index (χ4v) is 3.54. The number of hydrogen-bond acceptors (Lipinski definition) is 2. The highest BCUT2D eigenvalue weighted by molar-refractivity contribution is 5.10. The van der Waals surface area contributed by atoms with Crippen molar-refractivity contribution in [1.29, 1.82) is 0 Å². The van der Waals surface area contributed by atoms with Crippen molar-refractivity contribution in [3.8, 4) is 0 Å². The maximum atomic E-state index is 10.3. The van der Waals surface area contributed by atoms with Gasteiger partial charge in [0.1, 0.15) is 0 Å². The molecule has 1 aliphatic rings. The molecule has 1 N–H and O–H groups in total. The normalized spacial score (nSPS) is 27.7. The predicted octanol–water partition coefficient (Wildman–Crippen LogP) is 3.33. The van der Waals surface area contributed by atoms with Crippen LogP contribution in [0, 0.1) is 18.8 Å². The Morgan fingerprint density at radius 3 is 2.84 bits per heavy atom. The highest BCUT2D eigenvalue weighted by Gasteiger charge is 2.29. The van der Waals surface area contributed by atoms with Crippen LogP contribution in [0.3, 0.4) is 0 Å². The van der Waals surface area contributed by atoms with Gasteiger partial charge in [-0.05, 0) is 57.4 Å². The van der Waals surface area contributed by atoms with E-state index in [0.717, 1.165) is 31.0 Å². The molecule has 0 bridgehead atoms. The van der Waals surface area contributed by atoms with Crippen LogP contribution in [0.5, 0.6) is 0 Å². The molecule has 3 nitrogen and oxygen atoms in total. The Morgan fingerprint density at radius 1 is 1.37 bits per heavy atom. The van der Waals surface area contributed by atoms with Crippen LogP contribution in [0.1, 0.15) is 57.3 Å². The van der Waals surface area contributed by atoms with Crippen LogP contribution in [-0.4, -0.2) is 21.0 Å². The van der Waals surface area contributed by atoms with Gasteiger partial charge in [-0.3, -0.25) is 4.68 Å². The molecule has 0 spiro atoms. The number of nitrogens with zero attached hydrogens (tertiary/aromatic N) is 2. The van der Waals surface area contributed by atoms with Crippen molar-refractivity contribution in [2.24, 2.45) is 11.8 Å². The van der Waals surface area contributed by atoms with Crippen LogP contribution >= 0.6 is 0 Å². The predicted molar refractivity (Wildman–Crippen MR) is 78.1 cm³/mol. The van der Waals surface area contributed by atoms with Crippen molar-refractivity contribution in [3.63, 3.8) is 0 Å². The Bertz CT molecular complexity index is 399. The van der Waals surface area contributed by atoms with E-state index in [1.54, 1.807) is 0 Å². The van der Waals surface area contributed by atoms with E-state index >= 15 is 0 Å². The molecule has 3 atom stereocenters. The molecule has 2 rings (SSSR count). The van der Waals surface area contributed by atoms with E-state index in [1.807, 2.05) is 6.92 Å². The molecule has 3 heteroatoms. The number of hydrogen-bond donors (Lipinski definition) is 1. The SMILES string of the molecule is CCCC1CCC(O)C(Cc2cc(C)nn2CC)C1. The van der Waals surface area contributed by atoms with Gasteiger partial charge in [0.05, 0.1) is 11.8 Å². The lowest BCUT2D eigenvalue weighted by Crippen LogP contribution is -2.31. The molecule has 3 unspecified atom stereocenters. The van der Waals surface area contributed by atoms with Crippen LogP contribution in [-0.2, 0) is 13.0 Å². The summed E-state index contributed by atoms with van der Waals surface area (Å²) in [5, 5.41) is 14.8. The minimum atomic E-state index is -0.117. The van der Waals surface area contributed by atoms with E-state index in [4.69, 9.17) is 0 Å². The zero-order valence-corrected chi connectivity index (χ0v) is 12.6. The smallest absolute Gasteiger partial charge is 0.0596 e. The first-order valence-corrected chi connectivity index (χ1v) is 7.85. The van der Waals surface area contributed by atoms with Gasteiger partial charge in [0.25, 0.3) is 0 Å². The molecule has 0 radical (unpaired) electrons. The topological polar surface area (TPSA) is 38.1 Å². The van der Waals surface area contributed by atoms with Gasteiger partial charge in [-0.1, -0.05) is 19.8 Å². The van der Waals surface area contributed by atoms with Gasteiger partial charge >= 0.3 is 0 Å². The lowest BCUT2D eigenvalue weighted by atomic mass is 9.76. The molecule has 1 heterocycles. The first-order valence-electron chi connectivity index (χ1n) is 7.85. The van der Waals surface area contributed by atoms with Crippen LogP contribution in [0.15, 0.2) is 6.07 Å². The summed E-state index contributed by atoms with van der Waals surface area (Å²) < 4.78 is 2.09. The summed E-state index contributed by atoms with van der Waals surface area (Å²) >= 11 is 0. The molecule has 108 valence electrons. The summed E-state index contributed by atoms with van der Waals surface area (Å²) in [6, 6.07) is 2.18. The summed E-state index contributed by atoms with van der Waals surface area (Å²) in [5.74, 6) is 1.24. The third-order valence-corrected chi connectivity index (χ3v) is 4.50. The molecule has 1 fully saturated rings. The summed E-state index contributed by atoms with van der Waals surface area (Å²) in [6.45, 7) is 7.36. The third-order valence-electron chi connectivity index (χ3n) is 4.50. The van der Waals surface area contributed by atoms with Gasteiger partial charge in [-0.15, -0.1) is 0 Å². The molecule has 1 aliphatic carbocycles. The van der Waals surface area contributed by atoms with E-state index in [-0.39, 0.29) is 6.10 Å². The Hall–Kier alpha value is -0.830. The van der Waals surface area contributed by atoms with Crippen LogP contribution in [0.4, 0.5) is 0 Å². The van der Waals surface area contributed by atoms with Crippen molar-refractivity contribution in [2.45, 2.75) is 71.9 Å². The summed E-state index contributed by atoms with van der Waals surface area (Å²) in [6.07, 6.45) is 6.81. The van der Waals surface area contributed by atoms with Crippen molar-refractivity contribution >= 4 is 0 Å². The average molecular weight is 264 g/mol. The summed E-state index contributed by atoms with van der Waals surface area (Å²) in [7, 11) is 0. The van der Waals surface area contributed by atoms with E-state index in [0.29, 0.717) is 5.92 Å². The molecule has 0 saturated heterocycles. The number of aromatic nitrogens is 2. The van der Waals surface area contributed by atoms with Gasteiger partial charge in [0.15, 0.2) is 0 Å². The molecule has 1 aromatic heterocycles. The standard InChI is InChI=1S/C16H28N2O/c1-4-6-13-7-8-16(19)14(10-13)11-15-9-12(3)17-18(15)5-2/h9,13-14,16,19H,4-8,10-11H2,1-3H3. The highest BCUT2D eigenvalue weighted by atomic mass is 16.3. The molecular formula is C16H28N2O. The Kier molecular flexibility index (Phi) is 5.03. The second kappa shape index (κ2) is 6.56. The molecule has 19 heavy (non-hydrogen) atoms. The number of rotatable bonds is 5. The summed E-state index contributed by atoms with van der Waals surface area (Å²) in [5.41, 5.74) is 2.38. The number of aryl methyl sites for hydroxylation is 2. The van der Waals surface area contributed by atoms with Gasteiger partial charge in [-0.25, -0.2) is 0 Å². The zero-order chi connectivity index (χ0) is 13.8. The first-order chi connectivity index (χ1) is 9.13. The van der Waals surface area contributed by atoms with Crippen molar-refractivity contribution < 1.29 is 5.11 Å². The largest absolute Gasteiger partial charge is 0.393 e. The van der Waals surface area contributed by atoms with E-state index in [2.05, 4.69) is 29.7 Å². The monoisotopic (exact) mass is 264 g/mol. The highest BCUT2D eigenvalue weighted by Crippen LogP contribution is 2.34. The number of aliphatic hydroxyl groups excluding tert-OH is 1. The second-order valence-electron chi connectivity index (χ2n) is 6.09. The van der Waals surface area contributed by atoms with Gasteiger partial charge in [0.2, 0.25) is 0 Å². The zero-order valence-electron chi connectivity index (χ0n) is 12.6. The van der Waals surface area contributed by atoms with E-state index in [1.165, 1.54) is 31.4 Å². The van der Waals surface area contributed by atoms with E-state index in [9.17, 15) is 5.11 Å². The Labute approximate surface area is 117 Å². The fourth-order valence-electron chi connectivity index (χ4n) is 3.54. The maximum Gasteiger partial charge on any atom is 0.0596 e. The van der Waals surface area contributed by atoms with Crippen molar-refractivity contribution in [1.82, 2.24) is 9.78 Å². The third kappa shape index (κ3) is 3.59. The molecular weight excluding hydrogens is 236 g/mol. The minimum absolute atomic E-state index is 0.117. The molecule has 1 aromatic rings. The van der Waals surface area contributed by atoms with Crippen molar-refractivity contribution in [2.75, 3.05) is 0 Å². The Balaban J connectivity index is 2.03. The minimum Gasteiger partial charge on any atom is -0.393 e. The lowest BCUT2D eigenvalue weighted by Gasteiger charge is -2.33.